The van der Waals surface area contributed by atoms with Gasteiger partial charge in [-0.3, -0.25) is 9.69 Å². The molecule has 1 atom stereocenters. The summed E-state index contributed by atoms with van der Waals surface area (Å²) in [6.45, 7) is 3.72. The minimum atomic E-state index is -3.63. The Labute approximate surface area is 216 Å². The van der Waals surface area contributed by atoms with E-state index in [0.29, 0.717) is 34.9 Å². The van der Waals surface area contributed by atoms with Gasteiger partial charge in [-0.25, -0.2) is 17.8 Å². The number of para-hydroxylation sites is 1. The second-order valence-electron chi connectivity index (χ2n) is 9.39. The molecular formula is C26H33FN4O3S2. The zero-order valence-electron chi connectivity index (χ0n) is 21.0. The molecule has 1 aliphatic rings. The van der Waals surface area contributed by atoms with Crippen LogP contribution in [0.1, 0.15) is 49.4 Å². The van der Waals surface area contributed by atoms with E-state index in [1.165, 1.54) is 29.5 Å². The van der Waals surface area contributed by atoms with Crippen molar-refractivity contribution in [3.8, 4) is 0 Å². The Bertz CT molecular complexity index is 1310. The van der Waals surface area contributed by atoms with E-state index in [1.807, 2.05) is 25.9 Å². The number of rotatable bonds is 9. The van der Waals surface area contributed by atoms with E-state index in [9.17, 15) is 17.6 Å². The fourth-order valence-corrected chi connectivity index (χ4v) is 7.38. The van der Waals surface area contributed by atoms with Crippen LogP contribution >= 0.6 is 11.3 Å². The molecule has 1 aliphatic heterocycles. The fourth-order valence-electron chi connectivity index (χ4n) is 4.61. The van der Waals surface area contributed by atoms with E-state index in [-0.39, 0.29) is 22.4 Å². The quantitative estimate of drug-likeness (QED) is 0.388. The monoisotopic (exact) mass is 532 g/mol. The molecule has 0 aliphatic carbocycles. The molecule has 36 heavy (non-hydrogen) atoms. The fraction of sp³-hybridized carbons (Fsp3) is 0.462. The summed E-state index contributed by atoms with van der Waals surface area (Å²) in [5, 5.41) is 0.426. The number of nitrogens with zero attached hydrogens (tertiary/aromatic N) is 4. The van der Waals surface area contributed by atoms with Crippen LogP contribution in [0.25, 0.3) is 10.2 Å². The Kier molecular flexibility index (Phi) is 8.39. The first-order chi connectivity index (χ1) is 17.2. The second kappa shape index (κ2) is 11.3. The van der Waals surface area contributed by atoms with E-state index < -0.39 is 15.8 Å². The van der Waals surface area contributed by atoms with Crippen molar-refractivity contribution >= 4 is 42.6 Å². The van der Waals surface area contributed by atoms with Crippen LogP contribution in [0.3, 0.4) is 0 Å². The largest absolute Gasteiger partial charge is 0.309 e. The van der Waals surface area contributed by atoms with Crippen molar-refractivity contribution in [2.45, 2.75) is 50.0 Å². The summed E-state index contributed by atoms with van der Waals surface area (Å²) >= 11 is 1.27. The van der Waals surface area contributed by atoms with E-state index in [2.05, 4.69) is 4.98 Å². The zero-order chi connectivity index (χ0) is 25.9. The van der Waals surface area contributed by atoms with Crippen molar-refractivity contribution in [1.29, 1.82) is 0 Å². The lowest BCUT2D eigenvalue weighted by Gasteiger charge is -2.34. The van der Waals surface area contributed by atoms with E-state index >= 15 is 0 Å². The molecule has 2 heterocycles. The van der Waals surface area contributed by atoms with Crippen LogP contribution in [0.2, 0.25) is 0 Å². The molecule has 1 unspecified atom stereocenters. The van der Waals surface area contributed by atoms with Crippen LogP contribution in [0.15, 0.2) is 47.4 Å². The maximum Gasteiger partial charge on any atom is 0.260 e. The lowest BCUT2D eigenvalue weighted by Crippen LogP contribution is -2.43. The summed E-state index contributed by atoms with van der Waals surface area (Å²) in [7, 11) is 0.291. The molecule has 194 valence electrons. The van der Waals surface area contributed by atoms with E-state index in [4.69, 9.17) is 0 Å². The van der Waals surface area contributed by atoms with Crippen LogP contribution in [0.5, 0.6) is 0 Å². The Morgan fingerprint density at radius 3 is 2.56 bits per heavy atom. The van der Waals surface area contributed by atoms with Gasteiger partial charge in [0.2, 0.25) is 10.0 Å². The number of hydrogen-bond donors (Lipinski definition) is 0. The SMILES string of the molecule is CCC1CCCCN1S(=O)(=O)c1ccc(C(=O)N(CCCN(C)C)c2nc3c(F)cccc3s2)cc1. The predicted octanol–water partition coefficient (Wildman–Crippen LogP) is 4.99. The summed E-state index contributed by atoms with van der Waals surface area (Å²) in [6.07, 6.45) is 4.25. The number of carbonyl (C=O) groups is 1. The molecule has 0 spiro atoms. The molecule has 10 heteroatoms. The number of sulfonamides is 1. The van der Waals surface area contributed by atoms with Gasteiger partial charge in [-0.05, 0) is 82.7 Å². The van der Waals surface area contributed by atoms with Gasteiger partial charge in [0.25, 0.3) is 5.91 Å². The van der Waals surface area contributed by atoms with E-state index in [1.54, 1.807) is 33.5 Å². The first-order valence-electron chi connectivity index (χ1n) is 12.4. The van der Waals surface area contributed by atoms with Crippen LogP contribution in [-0.4, -0.2) is 68.3 Å². The summed E-state index contributed by atoms with van der Waals surface area (Å²) in [4.78, 5) is 21.8. The van der Waals surface area contributed by atoms with Crippen molar-refractivity contribution in [2.75, 3.05) is 38.6 Å². The van der Waals surface area contributed by atoms with Crippen LogP contribution in [0, 0.1) is 5.82 Å². The standard InChI is InChI=1S/C26H33FN4O3S2/c1-4-20-9-5-6-18-31(20)36(33,34)21-14-12-19(13-15-21)25(32)30(17-8-16-29(2)3)26-28-24-22(27)10-7-11-23(24)35-26/h7,10-15,20H,4-6,8-9,16-18H2,1-3H3. The highest BCUT2D eigenvalue weighted by atomic mass is 32.2. The maximum absolute atomic E-state index is 14.3. The first kappa shape index (κ1) is 26.7. The molecule has 1 fully saturated rings. The van der Waals surface area contributed by atoms with Gasteiger partial charge in [0.15, 0.2) is 5.13 Å². The van der Waals surface area contributed by atoms with Gasteiger partial charge in [-0.15, -0.1) is 0 Å². The number of benzene rings is 2. The Morgan fingerprint density at radius 2 is 1.89 bits per heavy atom. The molecule has 0 saturated carbocycles. The van der Waals surface area contributed by atoms with Crippen molar-refractivity contribution in [3.05, 3.63) is 53.8 Å². The molecular weight excluding hydrogens is 499 g/mol. The van der Waals surface area contributed by atoms with Crippen molar-refractivity contribution in [1.82, 2.24) is 14.2 Å². The third-order valence-corrected chi connectivity index (χ3v) is 9.58. The van der Waals surface area contributed by atoms with Crippen LogP contribution < -0.4 is 4.90 Å². The number of aromatic nitrogens is 1. The molecule has 1 saturated heterocycles. The summed E-state index contributed by atoms with van der Waals surface area (Å²) < 4.78 is 43.2. The average molecular weight is 533 g/mol. The predicted molar refractivity (Wildman–Crippen MR) is 143 cm³/mol. The summed E-state index contributed by atoms with van der Waals surface area (Å²) in [5.74, 6) is -0.713. The van der Waals surface area contributed by atoms with Crippen LogP contribution in [-0.2, 0) is 10.0 Å². The van der Waals surface area contributed by atoms with Crippen LogP contribution in [0.4, 0.5) is 9.52 Å². The topological polar surface area (TPSA) is 73.8 Å². The van der Waals surface area contributed by atoms with Gasteiger partial charge in [-0.1, -0.05) is 30.7 Å². The summed E-state index contributed by atoms with van der Waals surface area (Å²) in [5.41, 5.74) is 0.612. The highest BCUT2D eigenvalue weighted by Gasteiger charge is 2.32. The third kappa shape index (κ3) is 5.61. The average Bonchev–Trinajstić information content (AvgIpc) is 3.31. The number of halogens is 1. The highest BCUT2D eigenvalue weighted by molar-refractivity contribution is 7.89. The number of thiazole rings is 1. The number of anilines is 1. The van der Waals surface area contributed by atoms with Crippen molar-refractivity contribution < 1.29 is 17.6 Å². The number of hydrogen-bond acceptors (Lipinski definition) is 6. The van der Waals surface area contributed by atoms with Gasteiger partial charge in [0.1, 0.15) is 11.3 Å². The first-order valence-corrected chi connectivity index (χ1v) is 14.6. The van der Waals surface area contributed by atoms with Crippen molar-refractivity contribution in [2.24, 2.45) is 0 Å². The summed E-state index contributed by atoms with van der Waals surface area (Å²) in [6, 6.07) is 10.9. The minimum absolute atomic E-state index is 0.0108. The normalized spacial score (nSPS) is 17.1. The maximum atomic E-state index is 14.3. The smallest absolute Gasteiger partial charge is 0.260 e. The molecule has 1 aromatic heterocycles. The van der Waals surface area contributed by atoms with E-state index in [0.717, 1.165) is 32.2 Å². The molecule has 7 nitrogen and oxygen atoms in total. The number of carbonyl (C=O) groups excluding carboxylic acids is 1. The van der Waals surface area contributed by atoms with Gasteiger partial charge >= 0.3 is 0 Å². The molecule has 2 aromatic carbocycles. The third-order valence-electron chi connectivity index (χ3n) is 6.57. The zero-order valence-corrected chi connectivity index (χ0v) is 22.6. The highest BCUT2D eigenvalue weighted by Crippen LogP contribution is 2.32. The number of amides is 1. The molecule has 1 amide bonds. The molecule has 3 aromatic rings. The lowest BCUT2D eigenvalue weighted by atomic mass is 10.0. The molecule has 0 N–H and O–H groups in total. The second-order valence-corrected chi connectivity index (χ2v) is 12.3. The Morgan fingerprint density at radius 1 is 1.14 bits per heavy atom. The van der Waals surface area contributed by atoms with Crippen molar-refractivity contribution in [3.63, 3.8) is 0 Å². The van der Waals surface area contributed by atoms with Gasteiger partial charge in [0, 0.05) is 24.7 Å². The van der Waals surface area contributed by atoms with Gasteiger partial charge in [0.05, 0.1) is 9.60 Å². The Hall–Kier alpha value is -2.40. The van der Waals surface area contributed by atoms with Gasteiger partial charge in [-0.2, -0.15) is 4.31 Å². The number of piperidine rings is 1. The molecule has 4 rings (SSSR count). The Balaban J connectivity index is 1.61. The van der Waals surface area contributed by atoms with Gasteiger partial charge < -0.3 is 4.90 Å². The minimum Gasteiger partial charge on any atom is -0.309 e. The lowest BCUT2D eigenvalue weighted by molar-refractivity contribution is 0.0986. The molecule has 0 bridgehead atoms. The number of fused-ring (bicyclic) bond motifs is 1. The molecule has 0 radical (unpaired) electrons.